The highest BCUT2D eigenvalue weighted by molar-refractivity contribution is 6.30. The van der Waals surface area contributed by atoms with E-state index in [2.05, 4.69) is 45.1 Å². The molecule has 0 saturated carbocycles. The second-order valence-electron chi connectivity index (χ2n) is 8.77. The molecule has 3 atom stereocenters. The highest BCUT2D eigenvalue weighted by Crippen LogP contribution is 2.58. The lowest BCUT2D eigenvalue weighted by molar-refractivity contribution is 0.170. The number of nitrogens with zero attached hydrogens (tertiary/aromatic N) is 3. The summed E-state index contributed by atoms with van der Waals surface area (Å²) in [7, 11) is 0. The van der Waals surface area contributed by atoms with Crippen molar-refractivity contribution in [3.8, 4) is 18.2 Å². The van der Waals surface area contributed by atoms with Gasteiger partial charge in [-0.1, -0.05) is 50.6 Å². The number of nitrogens with two attached hydrogens (primary N) is 1. The molecule has 1 aromatic carbocycles. The molecule has 5 heteroatoms. The van der Waals surface area contributed by atoms with E-state index in [0.717, 1.165) is 24.0 Å². The molecule has 2 aliphatic carbocycles. The van der Waals surface area contributed by atoms with Crippen LogP contribution in [-0.4, -0.2) is 0 Å². The van der Waals surface area contributed by atoms with Crippen molar-refractivity contribution in [1.29, 1.82) is 15.8 Å². The van der Waals surface area contributed by atoms with E-state index in [1.807, 2.05) is 12.1 Å². The second-order valence-corrected chi connectivity index (χ2v) is 9.20. The molecule has 1 aromatic rings. The van der Waals surface area contributed by atoms with Crippen LogP contribution in [0.5, 0.6) is 0 Å². The predicted octanol–water partition coefficient (Wildman–Crippen LogP) is 5.21. The summed E-state index contributed by atoms with van der Waals surface area (Å²) in [6, 6.07) is 13.8. The topological polar surface area (TPSA) is 97.4 Å². The van der Waals surface area contributed by atoms with Gasteiger partial charge in [0.1, 0.15) is 6.07 Å². The van der Waals surface area contributed by atoms with Gasteiger partial charge in [0, 0.05) is 10.9 Å². The van der Waals surface area contributed by atoms with Crippen LogP contribution >= 0.6 is 11.6 Å². The van der Waals surface area contributed by atoms with E-state index >= 15 is 0 Å². The minimum atomic E-state index is -1.60. The van der Waals surface area contributed by atoms with Gasteiger partial charge >= 0.3 is 0 Å². The highest BCUT2D eigenvalue weighted by atomic mass is 35.5. The van der Waals surface area contributed by atoms with Gasteiger partial charge in [0.15, 0.2) is 5.41 Å². The predicted molar refractivity (Wildman–Crippen MR) is 108 cm³/mol. The van der Waals surface area contributed by atoms with Crippen LogP contribution in [-0.2, 0) is 0 Å². The molecule has 0 spiro atoms. The van der Waals surface area contributed by atoms with Crippen molar-refractivity contribution in [2.45, 2.75) is 39.5 Å². The lowest BCUT2D eigenvalue weighted by atomic mass is 9.54. The first-order chi connectivity index (χ1) is 13.2. The Labute approximate surface area is 171 Å². The molecule has 2 aliphatic rings. The van der Waals surface area contributed by atoms with Crippen LogP contribution in [0.2, 0.25) is 5.02 Å². The zero-order valence-corrected chi connectivity index (χ0v) is 17.1. The maximum absolute atomic E-state index is 10.1. The molecule has 0 unspecified atom stereocenters. The van der Waals surface area contributed by atoms with Gasteiger partial charge in [-0.25, -0.2) is 0 Å². The Morgan fingerprint density at radius 1 is 1.18 bits per heavy atom. The number of allylic oxidation sites excluding steroid dienone is 4. The molecular weight excluding hydrogens is 368 g/mol. The first kappa shape index (κ1) is 20.0. The van der Waals surface area contributed by atoms with E-state index in [9.17, 15) is 15.8 Å². The van der Waals surface area contributed by atoms with Crippen molar-refractivity contribution in [2.75, 3.05) is 0 Å². The van der Waals surface area contributed by atoms with Crippen LogP contribution in [0, 0.1) is 56.7 Å². The van der Waals surface area contributed by atoms with Crippen molar-refractivity contribution >= 4 is 11.6 Å². The van der Waals surface area contributed by atoms with Gasteiger partial charge in [0.05, 0.1) is 23.4 Å². The molecule has 0 heterocycles. The molecule has 4 nitrogen and oxygen atoms in total. The Morgan fingerprint density at radius 3 is 2.39 bits per heavy atom. The minimum Gasteiger partial charge on any atom is -0.399 e. The zero-order valence-electron chi connectivity index (χ0n) is 16.3. The van der Waals surface area contributed by atoms with Crippen LogP contribution in [0.25, 0.3) is 0 Å². The van der Waals surface area contributed by atoms with Gasteiger partial charge in [-0.15, -0.1) is 0 Å². The van der Waals surface area contributed by atoms with Gasteiger partial charge in [0.25, 0.3) is 0 Å². The monoisotopic (exact) mass is 390 g/mol. The Kier molecular flexibility index (Phi) is 5.01. The van der Waals surface area contributed by atoms with Crippen LogP contribution in [0.4, 0.5) is 0 Å². The van der Waals surface area contributed by atoms with Crippen LogP contribution < -0.4 is 5.73 Å². The summed E-state index contributed by atoms with van der Waals surface area (Å²) < 4.78 is 0. The van der Waals surface area contributed by atoms with E-state index in [1.54, 1.807) is 12.1 Å². The van der Waals surface area contributed by atoms with Gasteiger partial charge in [-0.2, -0.15) is 15.8 Å². The summed E-state index contributed by atoms with van der Waals surface area (Å²) in [5.41, 5.74) is 6.81. The normalized spacial score (nSPS) is 26.3. The van der Waals surface area contributed by atoms with Crippen LogP contribution in [0.3, 0.4) is 0 Å². The minimum absolute atomic E-state index is 0.0571. The lowest BCUT2D eigenvalue weighted by Crippen LogP contribution is -2.44. The smallest absolute Gasteiger partial charge is 0.191 e. The first-order valence-corrected chi connectivity index (χ1v) is 9.76. The number of fused-ring (bicyclic) bond motifs is 1. The van der Waals surface area contributed by atoms with E-state index in [1.165, 1.54) is 0 Å². The third-order valence-corrected chi connectivity index (χ3v) is 6.54. The summed E-state index contributed by atoms with van der Waals surface area (Å²) in [5.74, 6) is -0.246. The van der Waals surface area contributed by atoms with Gasteiger partial charge in [-0.05, 0) is 53.4 Å². The van der Waals surface area contributed by atoms with Gasteiger partial charge in [0.2, 0.25) is 0 Å². The zero-order chi connectivity index (χ0) is 20.7. The molecule has 0 amide bonds. The fourth-order valence-corrected chi connectivity index (χ4v) is 4.87. The third-order valence-electron chi connectivity index (χ3n) is 6.31. The highest BCUT2D eigenvalue weighted by Gasteiger charge is 2.55. The van der Waals surface area contributed by atoms with E-state index in [-0.39, 0.29) is 17.0 Å². The Hall–Kier alpha value is -2.74. The van der Waals surface area contributed by atoms with Crippen molar-refractivity contribution in [3.63, 3.8) is 0 Å². The molecule has 2 N–H and O–H groups in total. The maximum Gasteiger partial charge on any atom is 0.191 e. The lowest BCUT2D eigenvalue weighted by Gasteiger charge is -2.47. The Balaban J connectivity index is 2.31. The van der Waals surface area contributed by atoms with Crippen molar-refractivity contribution < 1.29 is 0 Å². The largest absolute Gasteiger partial charge is 0.399 e. The summed E-state index contributed by atoms with van der Waals surface area (Å²) in [5, 5.41) is 30.5. The SMILES string of the molecule is CC(C)(C)[C@H]1CC=C2C(C#N)=C(N)C(C#N)(C#N)[C@H](c3cccc(Cl)c3)[C@@H]2C1. The number of hydrogen-bond acceptors (Lipinski definition) is 4. The maximum atomic E-state index is 10.1. The number of rotatable bonds is 1. The van der Waals surface area contributed by atoms with Gasteiger partial charge < -0.3 is 5.73 Å². The molecular formula is C23H23ClN4. The van der Waals surface area contributed by atoms with E-state index < -0.39 is 11.3 Å². The van der Waals surface area contributed by atoms with Crippen LogP contribution in [0.1, 0.15) is 45.1 Å². The molecule has 0 aliphatic heterocycles. The quantitative estimate of drug-likeness (QED) is 0.711. The average Bonchev–Trinajstić information content (AvgIpc) is 2.66. The average molecular weight is 391 g/mol. The molecule has 3 rings (SSSR count). The first-order valence-electron chi connectivity index (χ1n) is 9.38. The van der Waals surface area contributed by atoms with Crippen molar-refractivity contribution in [3.05, 3.63) is 57.8 Å². The van der Waals surface area contributed by atoms with Crippen LogP contribution in [0.15, 0.2) is 47.2 Å². The summed E-state index contributed by atoms with van der Waals surface area (Å²) in [6.45, 7) is 6.60. The number of hydrogen-bond donors (Lipinski definition) is 1. The Morgan fingerprint density at radius 2 is 1.86 bits per heavy atom. The molecule has 0 fully saturated rings. The molecule has 0 saturated heterocycles. The molecule has 0 bridgehead atoms. The number of nitriles is 3. The Bertz CT molecular complexity index is 977. The molecule has 0 aromatic heterocycles. The fraction of sp³-hybridized carbons (Fsp3) is 0.435. The summed E-state index contributed by atoms with van der Waals surface area (Å²) in [6.07, 6.45) is 3.73. The summed E-state index contributed by atoms with van der Waals surface area (Å²) >= 11 is 6.24. The fourth-order valence-electron chi connectivity index (χ4n) is 4.67. The van der Waals surface area contributed by atoms with Gasteiger partial charge in [-0.3, -0.25) is 0 Å². The third kappa shape index (κ3) is 2.97. The number of halogens is 1. The molecule has 28 heavy (non-hydrogen) atoms. The van der Waals surface area contributed by atoms with E-state index in [0.29, 0.717) is 16.5 Å². The number of benzene rings is 1. The standard InChI is InChI=1S/C23H23ClN4/c1-22(2,3)15-7-8-17-18(10-15)20(14-5-4-6-16(24)9-14)23(12-26,13-27)21(28)19(17)11-25/h4-6,8-9,15,18,20H,7,10,28H2,1-3H3/t15-,18+,20+/m0/s1. The molecule has 0 radical (unpaired) electrons. The van der Waals surface area contributed by atoms with E-state index in [4.69, 9.17) is 17.3 Å². The second kappa shape index (κ2) is 7.01. The molecule has 142 valence electrons. The van der Waals surface area contributed by atoms with Crippen molar-refractivity contribution in [1.82, 2.24) is 0 Å². The van der Waals surface area contributed by atoms with Crippen molar-refractivity contribution in [2.24, 2.45) is 28.4 Å². The summed E-state index contributed by atoms with van der Waals surface area (Å²) in [4.78, 5) is 0.